The number of esters is 3. The Kier molecular flexibility index (Phi) is 55.7. The van der Waals surface area contributed by atoms with E-state index in [1.165, 1.54) is 0 Å². The molecule has 0 aliphatic carbocycles. The largest absolute Gasteiger partial charge is 0.472 e. The topological polar surface area (TPSA) is 155 Å². The summed E-state index contributed by atoms with van der Waals surface area (Å²) in [7, 11) is -4.81. The Labute approximate surface area is 484 Å². The fraction of sp³-hybridized carbons (Fsp3) is 0.515. The molecule has 3 unspecified atom stereocenters. The summed E-state index contributed by atoms with van der Waals surface area (Å²) < 4.78 is 39.4. The molecule has 2 N–H and O–H groups in total. The fourth-order valence-corrected chi connectivity index (χ4v) is 7.73. The van der Waals surface area contributed by atoms with E-state index in [0.717, 1.165) is 122 Å². The number of rotatable bonds is 52. The zero-order valence-electron chi connectivity index (χ0n) is 49.2. The minimum atomic E-state index is -4.81. The first kappa shape index (κ1) is 74.6. The molecule has 446 valence electrons. The molecular formula is C68H103O11P. The molecular weight excluding hydrogens is 1020 g/mol. The SMILES string of the molecule is CC/C=C\C/C=C\C/C=C\C/C=C\C/C=C\C/C=C\CCC(=O)OCC(COP(=O)(O)OCC(CO)OC(=O)CCCCCCC/C=C\C/C=C\C/C=C\CC)OC(=O)CC/C=C\C/C=C\C/C=C\C/C=C\C/C=C\C/C=C\CC. The van der Waals surface area contributed by atoms with E-state index in [2.05, 4.69) is 179 Å². The van der Waals surface area contributed by atoms with Gasteiger partial charge in [0.15, 0.2) is 6.10 Å². The average molecular weight is 1130 g/mol. The first-order valence-corrected chi connectivity index (χ1v) is 31.2. The highest BCUT2D eigenvalue weighted by molar-refractivity contribution is 7.47. The highest BCUT2D eigenvalue weighted by Gasteiger charge is 2.28. The Morgan fingerprint density at radius 1 is 0.350 bits per heavy atom. The van der Waals surface area contributed by atoms with Crippen molar-refractivity contribution in [3.8, 4) is 0 Å². The molecule has 0 saturated heterocycles. The van der Waals surface area contributed by atoms with Crippen LogP contribution in [0.15, 0.2) is 182 Å². The van der Waals surface area contributed by atoms with Crippen LogP contribution in [0.4, 0.5) is 0 Å². The van der Waals surface area contributed by atoms with E-state index in [-0.39, 0.29) is 19.3 Å². The lowest BCUT2D eigenvalue weighted by atomic mass is 10.1. The van der Waals surface area contributed by atoms with Crippen LogP contribution in [-0.4, -0.2) is 66.5 Å². The van der Waals surface area contributed by atoms with Crippen LogP contribution >= 0.6 is 7.82 Å². The van der Waals surface area contributed by atoms with Gasteiger partial charge in [-0.25, -0.2) is 4.57 Å². The number of phosphoric acid groups is 1. The van der Waals surface area contributed by atoms with Crippen LogP contribution in [0.25, 0.3) is 0 Å². The zero-order chi connectivity index (χ0) is 58.3. The molecule has 0 spiro atoms. The summed E-state index contributed by atoms with van der Waals surface area (Å²) >= 11 is 0. The van der Waals surface area contributed by atoms with E-state index in [9.17, 15) is 28.9 Å². The van der Waals surface area contributed by atoms with Gasteiger partial charge in [0, 0.05) is 19.3 Å². The lowest BCUT2D eigenvalue weighted by molar-refractivity contribution is -0.161. The number of phosphoric ester groups is 1. The van der Waals surface area contributed by atoms with Crippen LogP contribution in [0.1, 0.15) is 188 Å². The first-order valence-electron chi connectivity index (χ1n) is 29.7. The van der Waals surface area contributed by atoms with Crippen molar-refractivity contribution in [1.82, 2.24) is 0 Å². The number of carbonyl (C=O) groups excluding carboxylic acids is 3. The van der Waals surface area contributed by atoms with Gasteiger partial charge in [0.2, 0.25) is 0 Å². The third kappa shape index (κ3) is 57.3. The average Bonchev–Trinajstić information content (AvgIpc) is 3.45. The summed E-state index contributed by atoms with van der Waals surface area (Å²) in [5.74, 6) is -1.71. The van der Waals surface area contributed by atoms with Crippen LogP contribution in [0.5, 0.6) is 0 Å². The normalized spacial score (nSPS) is 14.6. The number of hydrogen-bond acceptors (Lipinski definition) is 10. The van der Waals surface area contributed by atoms with E-state index in [4.69, 9.17) is 23.3 Å². The standard InChI is InChI=1S/C68H103O11P/c1-4-7-10-13-16-19-22-25-28-30-32-34-37-39-42-45-48-51-54-57-66(70)75-61-65(79-68(72)59-56-53-50-47-44-41-38-35-33-31-29-26-23-20-17-14-11-8-5-2)63-77-80(73,74)76-62-64(60-69)78-67(71)58-55-52-49-46-43-40-36-27-24-21-18-15-12-9-6-3/h7-12,16-21,25-29,32-36,39,41-42,44,48,50-51,53,64-65,69H,4-6,13-15,22-24,30-31,37-38,40,43,45-47,49,52,54-63H2,1-3H3,(H,73,74)/b10-7-,11-8-,12-9-,19-16-,20-17-,21-18-,28-25-,29-26-,34-32-,35-33-,36-27-,42-39-,44-41-,51-48-,53-50-. The molecule has 3 atom stereocenters. The molecule has 0 bridgehead atoms. The maximum absolute atomic E-state index is 12.9. The third-order valence-corrected chi connectivity index (χ3v) is 12.3. The Morgan fingerprint density at radius 3 is 1.01 bits per heavy atom. The van der Waals surface area contributed by atoms with Gasteiger partial charge >= 0.3 is 25.7 Å². The van der Waals surface area contributed by atoms with E-state index in [1.807, 2.05) is 24.3 Å². The molecule has 0 saturated carbocycles. The quantitative estimate of drug-likeness (QED) is 0.0197. The molecule has 0 aromatic rings. The third-order valence-electron chi connectivity index (χ3n) is 11.3. The second-order valence-electron chi connectivity index (χ2n) is 18.7. The summed E-state index contributed by atoms with van der Waals surface area (Å²) in [6.07, 6.45) is 81.6. The van der Waals surface area contributed by atoms with Crippen LogP contribution in [0, 0.1) is 0 Å². The fourth-order valence-electron chi connectivity index (χ4n) is 6.95. The predicted octanol–water partition coefficient (Wildman–Crippen LogP) is 18.0. The smallest absolute Gasteiger partial charge is 0.462 e. The van der Waals surface area contributed by atoms with Crippen molar-refractivity contribution in [2.45, 2.75) is 200 Å². The predicted molar refractivity (Wildman–Crippen MR) is 334 cm³/mol. The minimum Gasteiger partial charge on any atom is -0.462 e. The Hall–Kier alpha value is -5.42. The molecule has 0 radical (unpaired) electrons. The van der Waals surface area contributed by atoms with Gasteiger partial charge in [-0.3, -0.25) is 23.4 Å². The van der Waals surface area contributed by atoms with Crippen LogP contribution in [-0.2, 0) is 42.2 Å². The summed E-state index contributed by atoms with van der Waals surface area (Å²) in [6.45, 7) is 4.08. The van der Waals surface area contributed by atoms with Crippen molar-refractivity contribution >= 4 is 25.7 Å². The molecule has 0 aromatic carbocycles. The van der Waals surface area contributed by atoms with Gasteiger partial charge in [0.05, 0.1) is 19.8 Å². The second kappa shape index (κ2) is 59.7. The van der Waals surface area contributed by atoms with E-state index < -0.39 is 64.4 Å². The lowest BCUT2D eigenvalue weighted by Gasteiger charge is -2.21. The number of ether oxygens (including phenoxy) is 3. The zero-order valence-corrected chi connectivity index (χ0v) is 50.1. The highest BCUT2D eigenvalue weighted by Crippen LogP contribution is 2.43. The number of aliphatic hydroxyl groups excluding tert-OH is 1. The number of allylic oxidation sites excluding steroid dienone is 30. The maximum Gasteiger partial charge on any atom is 0.472 e. The number of unbranched alkanes of at least 4 members (excludes halogenated alkanes) is 5. The Morgan fingerprint density at radius 2 is 0.637 bits per heavy atom. The van der Waals surface area contributed by atoms with Crippen molar-refractivity contribution < 1.29 is 52.2 Å². The van der Waals surface area contributed by atoms with E-state index in [0.29, 0.717) is 25.7 Å². The van der Waals surface area contributed by atoms with Crippen molar-refractivity contribution in [3.63, 3.8) is 0 Å². The van der Waals surface area contributed by atoms with Crippen LogP contribution < -0.4 is 0 Å². The van der Waals surface area contributed by atoms with Crippen LogP contribution in [0.3, 0.4) is 0 Å². The summed E-state index contributed by atoms with van der Waals surface area (Å²) in [4.78, 5) is 48.6. The molecule has 80 heavy (non-hydrogen) atoms. The van der Waals surface area contributed by atoms with Gasteiger partial charge in [-0.2, -0.15) is 0 Å². The van der Waals surface area contributed by atoms with Gasteiger partial charge in [0.1, 0.15) is 12.7 Å². The minimum absolute atomic E-state index is 0.0138. The van der Waals surface area contributed by atoms with Gasteiger partial charge in [-0.15, -0.1) is 0 Å². The van der Waals surface area contributed by atoms with E-state index in [1.54, 1.807) is 0 Å². The summed E-state index contributed by atoms with van der Waals surface area (Å²) in [5.41, 5.74) is 0. The van der Waals surface area contributed by atoms with Gasteiger partial charge < -0.3 is 24.2 Å². The van der Waals surface area contributed by atoms with Gasteiger partial charge in [-0.1, -0.05) is 222 Å². The maximum atomic E-state index is 12.9. The lowest BCUT2D eigenvalue weighted by Crippen LogP contribution is -2.30. The first-order chi connectivity index (χ1) is 39.2. The van der Waals surface area contributed by atoms with E-state index >= 15 is 0 Å². The van der Waals surface area contributed by atoms with Crippen LogP contribution in [0.2, 0.25) is 0 Å². The number of hydrogen-bond donors (Lipinski definition) is 2. The number of aliphatic hydroxyl groups is 1. The molecule has 0 rings (SSSR count). The van der Waals surface area contributed by atoms with Gasteiger partial charge in [-0.05, 0) is 128 Å². The molecule has 0 aromatic heterocycles. The monoisotopic (exact) mass is 1130 g/mol. The van der Waals surface area contributed by atoms with Crippen molar-refractivity contribution in [3.05, 3.63) is 182 Å². The highest BCUT2D eigenvalue weighted by atomic mass is 31.2. The summed E-state index contributed by atoms with van der Waals surface area (Å²) in [5, 5.41) is 9.83. The molecule has 11 nitrogen and oxygen atoms in total. The number of carbonyl (C=O) groups is 3. The van der Waals surface area contributed by atoms with Crippen molar-refractivity contribution in [2.75, 3.05) is 26.4 Å². The van der Waals surface area contributed by atoms with Crippen molar-refractivity contribution in [2.24, 2.45) is 0 Å². The van der Waals surface area contributed by atoms with Gasteiger partial charge in [0.25, 0.3) is 0 Å². The molecule has 0 aliphatic rings. The Balaban J connectivity index is 4.99. The second-order valence-corrected chi connectivity index (χ2v) is 20.1. The molecule has 0 aliphatic heterocycles. The molecule has 0 amide bonds. The summed E-state index contributed by atoms with van der Waals surface area (Å²) in [6, 6.07) is 0. The molecule has 12 heteroatoms. The molecule has 0 fully saturated rings. The van der Waals surface area contributed by atoms with Crippen molar-refractivity contribution in [1.29, 1.82) is 0 Å². The molecule has 0 heterocycles. The Bertz CT molecular complexity index is 2040.